The van der Waals surface area contributed by atoms with Crippen LogP contribution in [0.4, 0.5) is 5.69 Å². The van der Waals surface area contributed by atoms with Crippen LogP contribution in [0, 0.1) is 0 Å². The molecule has 1 unspecified atom stereocenters. The molecule has 1 fully saturated rings. The summed E-state index contributed by atoms with van der Waals surface area (Å²) in [6.07, 6.45) is 3.61. The van der Waals surface area contributed by atoms with Gasteiger partial charge in [0.05, 0.1) is 15.7 Å². The normalized spacial score (nSPS) is 18.2. The Labute approximate surface area is 184 Å². The van der Waals surface area contributed by atoms with E-state index in [1.54, 1.807) is 42.3 Å². The van der Waals surface area contributed by atoms with Gasteiger partial charge in [0.15, 0.2) is 11.5 Å². The van der Waals surface area contributed by atoms with Gasteiger partial charge >= 0.3 is 0 Å². The molecule has 2 aliphatic heterocycles. The van der Waals surface area contributed by atoms with E-state index in [2.05, 4.69) is 0 Å². The number of carbonyl (C=O) groups excluding carboxylic acids is 2. The minimum absolute atomic E-state index is 0.144. The maximum Gasteiger partial charge on any atom is 0.249 e. The summed E-state index contributed by atoms with van der Waals surface area (Å²) in [6, 6.07) is 10.1. The second-order valence-electron chi connectivity index (χ2n) is 7.06. The van der Waals surface area contributed by atoms with Crippen molar-refractivity contribution in [2.75, 3.05) is 31.7 Å². The Bertz CT molecular complexity index is 1020. The third kappa shape index (κ3) is 3.98. The van der Waals surface area contributed by atoms with Crippen molar-refractivity contribution in [3.63, 3.8) is 0 Å². The lowest BCUT2D eigenvalue weighted by atomic mass is 10.1. The lowest BCUT2D eigenvalue weighted by molar-refractivity contribution is -0.132. The number of hydrogen-bond acceptors (Lipinski definition) is 4. The number of nitrogens with zero attached hydrogens (tertiary/aromatic N) is 2. The van der Waals surface area contributed by atoms with Gasteiger partial charge in [-0.3, -0.25) is 9.59 Å². The van der Waals surface area contributed by atoms with E-state index in [-0.39, 0.29) is 11.8 Å². The topological polar surface area (TPSA) is 59.1 Å². The first-order valence-corrected chi connectivity index (χ1v) is 10.3. The lowest BCUT2D eigenvalue weighted by Gasteiger charge is -2.23. The summed E-state index contributed by atoms with van der Waals surface area (Å²) in [5.41, 5.74) is 1.37. The van der Waals surface area contributed by atoms with Gasteiger partial charge < -0.3 is 19.3 Å². The van der Waals surface area contributed by atoms with Crippen molar-refractivity contribution in [3.8, 4) is 11.5 Å². The number of halogens is 2. The standard InChI is InChI=1S/C22H20Cl2N2O4/c1-25(18-8-9-26(22(18)28)17-5-3-2-4-15(17)23)20(27)7-6-14-12-16(24)21-19(13-14)29-10-11-30-21/h2-7,12-13,18H,8-11H2,1H3. The number of fused-ring (bicyclic) bond motifs is 1. The minimum Gasteiger partial charge on any atom is -0.486 e. The van der Waals surface area contributed by atoms with E-state index < -0.39 is 6.04 Å². The van der Waals surface area contributed by atoms with Gasteiger partial charge in [-0.15, -0.1) is 0 Å². The van der Waals surface area contributed by atoms with Crippen molar-refractivity contribution in [1.29, 1.82) is 0 Å². The molecular formula is C22H20Cl2N2O4. The van der Waals surface area contributed by atoms with Gasteiger partial charge in [-0.2, -0.15) is 0 Å². The molecule has 2 aromatic rings. The molecule has 8 heteroatoms. The van der Waals surface area contributed by atoms with Crippen molar-refractivity contribution >= 4 is 46.8 Å². The summed E-state index contributed by atoms with van der Waals surface area (Å²) in [5.74, 6) is 0.644. The van der Waals surface area contributed by atoms with E-state index in [1.165, 1.54) is 11.0 Å². The molecule has 30 heavy (non-hydrogen) atoms. The number of anilines is 1. The third-order valence-electron chi connectivity index (χ3n) is 5.17. The summed E-state index contributed by atoms with van der Waals surface area (Å²) in [6.45, 7) is 1.40. The molecule has 0 radical (unpaired) electrons. The molecule has 1 saturated heterocycles. The Morgan fingerprint density at radius 1 is 1.17 bits per heavy atom. The quantitative estimate of drug-likeness (QED) is 0.664. The van der Waals surface area contributed by atoms with Crippen molar-refractivity contribution in [2.24, 2.45) is 0 Å². The molecule has 156 valence electrons. The van der Waals surface area contributed by atoms with Crippen LogP contribution in [0.1, 0.15) is 12.0 Å². The van der Waals surface area contributed by atoms with Crippen molar-refractivity contribution in [1.82, 2.24) is 4.90 Å². The van der Waals surface area contributed by atoms with E-state index in [9.17, 15) is 9.59 Å². The highest BCUT2D eigenvalue weighted by atomic mass is 35.5. The smallest absolute Gasteiger partial charge is 0.249 e. The van der Waals surface area contributed by atoms with E-state index >= 15 is 0 Å². The Hall–Kier alpha value is -2.70. The zero-order valence-electron chi connectivity index (χ0n) is 16.3. The maximum absolute atomic E-state index is 12.9. The summed E-state index contributed by atoms with van der Waals surface area (Å²) in [5, 5.41) is 0.935. The molecular weight excluding hydrogens is 427 g/mol. The second kappa shape index (κ2) is 8.58. The van der Waals surface area contributed by atoms with Crippen molar-refractivity contribution in [2.45, 2.75) is 12.5 Å². The number of benzene rings is 2. The predicted molar refractivity (Wildman–Crippen MR) is 116 cm³/mol. The predicted octanol–water partition coefficient (Wildman–Crippen LogP) is 4.04. The number of carbonyl (C=O) groups is 2. The molecule has 2 amide bonds. The van der Waals surface area contributed by atoms with Gasteiger partial charge in [-0.1, -0.05) is 35.3 Å². The summed E-state index contributed by atoms with van der Waals surface area (Å²) in [7, 11) is 1.63. The van der Waals surface area contributed by atoms with E-state index in [4.69, 9.17) is 32.7 Å². The van der Waals surface area contributed by atoms with Crippen LogP contribution in [-0.4, -0.2) is 49.6 Å². The van der Waals surface area contributed by atoms with E-state index in [0.717, 1.165) is 0 Å². The van der Waals surface area contributed by atoms with Crippen LogP contribution in [-0.2, 0) is 9.59 Å². The number of ether oxygens (including phenoxy) is 2. The molecule has 0 aromatic heterocycles. The Balaban J connectivity index is 1.46. The fraction of sp³-hybridized carbons (Fsp3) is 0.273. The average molecular weight is 447 g/mol. The highest BCUT2D eigenvalue weighted by Crippen LogP contribution is 2.38. The summed E-state index contributed by atoms with van der Waals surface area (Å²) < 4.78 is 11.1. The maximum atomic E-state index is 12.9. The van der Waals surface area contributed by atoms with Crippen LogP contribution in [0.25, 0.3) is 6.08 Å². The van der Waals surface area contributed by atoms with Gasteiger partial charge in [0, 0.05) is 19.7 Å². The molecule has 0 spiro atoms. The van der Waals surface area contributed by atoms with Gasteiger partial charge in [-0.05, 0) is 42.3 Å². The number of rotatable bonds is 4. The van der Waals surface area contributed by atoms with Gasteiger partial charge in [0.25, 0.3) is 0 Å². The van der Waals surface area contributed by atoms with Crippen LogP contribution >= 0.6 is 23.2 Å². The van der Waals surface area contributed by atoms with Crippen LogP contribution in [0.15, 0.2) is 42.5 Å². The Morgan fingerprint density at radius 2 is 1.93 bits per heavy atom. The monoisotopic (exact) mass is 446 g/mol. The molecule has 0 saturated carbocycles. The number of para-hydroxylation sites is 1. The summed E-state index contributed by atoms with van der Waals surface area (Å²) in [4.78, 5) is 28.7. The largest absolute Gasteiger partial charge is 0.486 e. The van der Waals surface area contributed by atoms with Gasteiger partial charge in [0.1, 0.15) is 19.3 Å². The molecule has 0 N–H and O–H groups in total. The highest BCUT2D eigenvalue weighted by Gasteiger charge is 2.37. The van der Waals surface area contributed by atoms with Gasteiger partial charge in [0.2, 0.25) is 11.8 Å². The zero-order valence-corrected chi connectivity index (χ0v) is 17.8. The Morgan fingerprint density at radius 3 is 2.73 bits per heavy atom. The van der Waals surface area contributed by atoms with Crippen LogP contribution in [0.5, 0.6) is 11.5 Å². The molecule has 6 nitrogen and oxygen atoms in total. The van der Waals surface area contributed by atoms with E-state index in [0.29, 0.717) is 59.0 Å². The summed E-state index contributed by atoms with van der Waals surface area (Å²) >= 11 is 12.5. The van der Waals surface area contributed by atoms with Crippen LogP contribution in [0.3, 0.4) is 0 Å². The fourth-order valence-electron chi connectivity index (χ4n) is 3.60. The SMILES string of the molecule is CN(C(=O)C=Cc1cc(Cl)c2c(c1)OCCO2)C1CCN(c2ccccc2Cl)C1=O. The first-order valence-electron chi connectivity index (χ1n) is 9.55. The minimum atomic E-state index is -0.540. The molecule has 2 heterocycles. The van der Waals surface area contributed by atoms with Crippen molar-refractivity contribution in [3.05, 3.63) is 58.1 Å². The number of amides is 2. The molecule has 0 bridgehead atoms. The van der Waals surface area contributed by atoms with Crippen LogP contribution in [0.2, 0.25) is 10.0 Å². The van der Waals surface area contributed by atoms with E-state index in [1.807, 2.05) is 12.1 Å². The molecule has 4 rings (SSSR count). The lowest BCUT2D eigenvalue weighted by Crippen LogP contribution is -2.42. The molecule has 2 aromatic carbocycles. The first kappa shape index (κ1) is 20.6. The van der Waals surface area contributed by atoms with Crippen molar-refractivity contribution < 1.29 is 19.1 Å². The zero-order chi connectivity index (χ0) is 21.3. The second-order valence-corrected chi connectivity index (χ2v) is 7.87. The molecule has 0 aliphatic carbocycles. The third-order valence-corrected chi connectivity index (χ3v) is 5.77. The fourth-order valence-corrected chi connectivity index (χ4v) is 4.11. The molecule has 1 atom stereocenters. The average Bonchev–Trinajstić information content (AvgIpc) is 3.13. The number of hydrogen-bond donors (Lipinski definition) is 0. The Kier molecular flexibility index (Phi) is 5.88. The molecule has 2 aliphatic rings. The highest BCUT2D eigenvalue weighted by molar-refractivity contribution is 6.34. The van der Waals surface area contributed by atoms with Crippen LogP contribution < -0.4 is 14.4 Å². The van der Waals surface area contributed by atoms with Gasteiger partial charge in [-0.25, -0.2) is 0 Å². The first-order chi connectivity index (χ1) is 14.5. The number of likely N-dealkylation sites (N-methyl/N-ethyl adjacent to an activating group) is 1.